The molecule has 1 unspecified atom stereocenters. The molecule has 1 aliphatic carbocycles. The second-order valence-electron chi connectivity index (χ2n) is 4.43. The Morgan fingerprint density at radius 1 is 1.44 bits per heavy atom. The van der Waals surface area contributed by atoms with Crippen LogP contribution in [-0.2, 0) is 0 Å². The molecule has 1 aromatic heterocycles. The van der Waals surface area contributed by atoms with E-state index in [-0.39, 0.29) is 0 Å². The molecule has 1 nitrogen and oxygen atoms in total. The SMILES string of the molecule is CCCNC(C1=CCCCC1)c1cccs1. The Morgan fingerprint density at radius 2 is 2.38 bits per heavy atom. The van der Waals surface area contributed by atoms with Crippen LogP contribution in [-0.4, -0.2) is 6.54 Å². The molecule has 0 amide bonds. The zero-order valence-electron chi connectivity index (χ0n) is 10.0. The molecular formula is C14H21NS. The van der Waals surface area contributed by atoms with Crippen LogP contribution in [0.15, 0.2) is 29.2 Å². The minimum atomic E-state index is 0.486. The molecule has 88 valence electrons. The van der Waals surface area contributed by atoms with Crippen LogP contribution >= 0.6 is 11.3 Å². The molecule has 0 saturated carbocycles. The van der Waals surface area contributed by atoms with Crippen LogP contribution in [0.2, 0.25) is 0 Å². The van der Waals surface area contributed by atoms with Crippen molar-refractivity contribution in [1.82, 2.24) is 5.32 Å². The van der Waals surface area contributed by atoms with Gasteiger partial charge >= 0.3 is 0 Å². The van der Waals surface area contributed by atoms with Gasteiger partial charge in [0.25, 0.3) is 0 Å². The van der Waals surface area contributed by atoms with Crippen molar-refractivity contribution in [2.75, 3.05) is 6.54 Å². The van der Waals surface area contributed by atoms with Crippen LogP contribution in [0, 0.1) is 0 Å². The van der Waals surface area contributed by atoms with Gasteiger partial charge in [0.2, 0.25) is 0 Å². The van der Waals surface area contributed by atoms with Gasteiger partial charge in [-0.15, -0.1) is 11.3 Å². The molecule has 16 heavy (non-hydrogen) atoms. The molecule has 2 rings (SSSR count). The summed E-state index contributed by atoms with van der Waals surface area (Å²) in [5, 5.41) is 5.86. The summed E-state index contributed by atoms with van der Waals surface area (Å²) < 4.78 is 0. The number of thiophene rings is 1. The van der Waals surface area contributed by atoms with Gasteiger partial charge in [-0.1, -0.05) is 24.6 Å². The molecule has 0 fully saturated rings. The first-order valence-electron chi connectivity index (χ1n) is 6.37. The smallest absolute Gasteiger partial charge is 0.0630 e. The molecule has 2 heteroatoms. The minimum absolute atomic E-state index is 0.486. The number of hydrogen-bond acceptors (Lipinski definition) is 2. The molecule has 0 aliphatic heterocycles. The third-order valence-corrected chi connectivity index (χ3v) is 4.06. The highest BCUT2D eigenvalue weighted by atomic mass is 32.1. The van der Waals surface area contributed by atoms with Gasteiger partial charge in [-0.3, -0.25) is 0 Å². The Hall–Kier alpha value is -0.600. The van der Waals surface area contributed by atoms with Gasteiger partial charge in [0.15, 0.2) is 0 Å². The molecule has 0 radical (unpaired) electrons. The maximum Gasteiger partial charge on any atom is 0.0630 e. The summed E-state index contributed by atoms with van der Waals surface area (Å²) in [6, 6.07) is 4.90. The van der Waals surface area contributed by atoms with E-state index in [2.05, 4.69) is 35.8 Å². The minimum Gasteiger partial charge on any atom is -0.306 e. The maximum atomic E-state index is 3.68. The number of nitrogens with one attached hydrogen (secondary N) is 1. The summed E-state index contributed by atoms with van der Waals surface area (Å²) in [4.78, 5) is 1.47. The van der Waals surface area contributed by atoms with E-state index in [0.29, 0.717) is 6.04 Å². The molecule has 1 heterocycles. The van der Waals surface area contributed by atoms with Crippen LogP contribution in [0.4, 0.5) is 0 Å². The number of rotatable bonds is 5. The van der Waals surface area contributed by atoms with Crippen molar-refractivity contribution >= 4 is 11.3 Å². The lowest BCUT2D eigenvalue weighted by Crippen LogP contribution is -2.23. The fraction of sp³-hybridized carbons (Fsp3) is 0.571. The van der Waals surface area contributed by atoms with Crippen LogP contribution in [0.1, 0.15) is 49.9 Å². The normalized spacial score (nSPS) is 18.2. The average Bonchev–Trinajstić information content (AvgIpc) is 2.85. The largest absolute Gasteiger partial charge is 0.306 e. The first-order valence-corrected chi connectivity index (χ1v) is 7.25. The predicted molar refractivity (Wildman–Crippen MR) is 71.9 cm³/mol. The predicted octanol–water partition coefficient (Wildman–Crippen LogP) is 4.29. The van der Waals surface area contributed by atoms with Gasteiger partial charge in [0.1, 0.15) is 0 Å². The van der Waals surface area contributed by atoms with Gasteiger partial charge < -0.3 is 5.32 Å². The van der Waals surface area contributed by atoms with E-state index in [0.717, 1.165) is 6.54 Å². The third kappa shape index (κ3) is 2.96. The van der Waals surface area contributed by atoms with Crippen LogP contribution in [0.5, 0.6) is 0 Å². The van der Waals surface area contributed by atoms with E-state index in [9.17, 15) is 0 Å². The van der Waals surface area contributed by atoms with Crippen molar-refractivity contribution in [1.29, 1.82) is 0 Å². The molecule has 0 bridgehead atoms. The van der Waals surface area contributed by atoms with E-state index >= 15 is 0 Å². The lowest BCUT2D eigenvalue weighted by Gasteiger charge is -2.23. The van der Waals surface area contributed by atoms with E-state index in [4.69, 9.17) is 0 Å². The molecule has 0 spiro atoms. The van der Waals surface area contributed by atoms with Crippen molar-refractivity contribution in [3.8, 4) is 0 Å². The Bertz CT molecular complexity index is 327. The fourth-order valence-electron chi connectivity index (χ4n) is 2.28. The summed E-state index contributed by atoms with van der Waals surface area (Å²) in [6.45, 7) is 3.34. The standard InChI is InChI=1S/C14H21NS/c1-2-10-15-14(13-9-6-11-16-13)12-7-4-3-5-8-12/h6-7,9,11,14-15H,2-5,8,10H2,1H3. The summed E-state index contributed by atoms with van der Waals surface area (Å²) in [7, 11) is 0. The Labute approximate surface area is 103 Å². The van der Waals surface area contributed by atoms with Gasteiger partial charge in [-0.25, -0.2) is 0 Å². The monoisotopic (exact) mass is 235 g/mol. The average molecular weight is 235 g/mol. The Morgan fingerprint density at radius 3 is 3.00 bits per heavy atom. The highest BCUT2D eigenvalue weighted by molar-refractivity contribution is 7.10. The molecular weight excluding hydrogens is 214 g/mol. The van der Waals surface area contributed by atoms with Crippen molar-refractivity contribution in [3.63, 3.8) is 0 Å². The Kier molecular flexibility index (Phi) is 4.61. The van der Waals surface area contributed by atoms with E-state index in [1.54, 1.807) is 5.57 Å². The van der Waals surface area contributed by atoms with Crippen LogP contribution in [0.3, 0.4) is 0 Å². The van der Waals surface area contributed by atoms with Gasteiger partial charge in [0.05, 0.1) is 6.04 Å². The van der Waals surface area contributed by atoms with Crippen molar-refractivity contribution in [3.05, 3.63) is 34.0 Å². The van der Waals surface area contributed by atoms with Gasteiger partial charge in [0, 0.05) is 4.88 Å². The second kappa shape index (κ2) is 6.21. The summed E-state index contributed by atoms with van der Waals surface area (Å²) in [5.41, 5.74) is 1.61. The lowest BCUT2D eigenvalue weighted by atomic mass is 9.93. The molecule has 1 atom stereocenters. The van der Waals surface area contributed by atoms with Crippen LogP contribution < -0.4 is 5.32 Å². The molecule has 0 saturated heterocycles. The summed E-state index contributed by atoms with van der Waals surface area (Å²) in [6.07, 6.45) is 8.94. The summed E-state index contributed by atoms with van der Waals surface area (Å²) >= 11 is 1.87. The van der Waals surface area contributed by atoms with E-state index in [1.807, 2.05) is 11.3 Å². The van der Waals surface area contributed by atoms with Gasteiger partial charge in [-0.05, 0) is 50.1 Å². The number of allylic oxidation sites excluding steroid dienone is 1. The zero-order valence-corrected chi connectivity index (χ0v) is 10.9. The second-order valence-corrected chi connectivity index (χ2v) is 5.41. The molecule has 0 aromatic carbocycles. The Balaban J connectivity index is 2.10. The number of hydrogen-bond donors (Lipinski definition) is 1. The first-order chi connectivity index (χ1) is 7.92. The van der Waals surface area contributed by atoms with Gasteiger partial charge in [-0.2, -0.15) is 0 Å². The highest BCUT2D eigenvalue weighted by Gasteiger charge is 2.17. The summed E-state index contributed by atoms with van der Waals surface area (Å²) in [5.74, 6) is 0. The zero-order chi connectivity index (χ0) is 11.2. The maximum absolute atomic E-state index is 3.68. The van der Waals surface area contributed by atoms with Crippen molar-refractivity contribution in [2.45, 2.75) is 45.1 Å². The first kappa shape index (κ1) is 11.9. The third-order valence-electron chi connectivity index (χ3n) is 3.12. The van der Waals surface area contributed by atoms with Crippen LogP contribution in [0.25, 0.3) is 0 Å². The molecule has 1 aromatic rings. The highest BCUT2D eigenvalue weighted by Crippen LogP contribution is 2.32. The fourth-order valence-corrected chi connectivity index (χ4v) is 3.13. The quantitative estimate of drug-likeness (QED) is 0.751. The van der Waals surface area contributed by atoms with E-state index < -0.39 is 0 Å². The van der Waals surface area contributed by atoms with Crippen molar-refractivity contribution in [2.24, 2.45) is 0 Å². The lowest BCUT2D eigenvalue weighted by molar-refractivity contribution is 0.552. The molecule has 1 aliphatic rings. The molecule has 1 N–H and O–H groups in total. The topological polar surface area (TPSA) is 12.0 Å². The van der Waals surface area contributed by atoms with Crippen molar-refractivity contribution < 1.29 is 0 Å². The van der Waals surface area contributed by atoms with E-state index in [1.165, 1.54) is 37.0 Å².